The molecule has 94 valence electrons. The summed E-state index contributed by atoms with van der Waals surface area (Å²) in [5, 5.41) is 13.6. The minimum Gasteiger partial charge on any atom is -0.388 e. The highest BCUT2D eigenvalue weighted by Crippen LogP contribution is 2.29. The lowest BCUT2D eigenvalue weighted by Crippen LogP contribution is -2.41. The van der Waals surface area contributed by atoms with Crippen molar-refractivity contribution in [2.24, 2.45) is 5.92 Å². The van der Waals surface area contributed by atoms with Crippen molar-refractivity contribution in [3.63, 3.8) is 0 Å². The zero-order valence-corrected chi connectivity index (χ0v) is 10.2. The molecule has 3 unspecified atom stereocenters. The Hall–Kier alpha value is -0.930. The molecule has 0 amide bonds. The fourth-order valence-electron chi connectivity index (χ4n) is 2.55. The van der Waals surface area contributed by atoms with Crippen LogP contribution in [-0.2, 0) is 0 Å². The predicted molar refractivity (Wildman–Crippen MR) is 66.2 cm³/mol. The highest BCUT2D eigenvalue weighted by atomic mass is 19.1. The number of hydrogen-bond acceptors (Lipinski definition) is 2. The predicted octanol–water partition coefficient (Wildman–Crippen LogP) is 2.64. The van der Waals surface area contributed by atoms with Crippen LogP contribution in [-0.4, -0.2) is 17.7 Å². The number of hydrogen-bond donors (Lipinski definition) is 2. The van der Waals surface area contributed by atoms with Gasteiger partial charge < -0.3 is 10.4 Å². The Morgan fingerprint density at radius 2 is 2.12 bits per heavy atom. The molecule has 3 heteroatoms. The van der Waals surface area contributed by atoms with Gasteiger partial charge in [0.15, 0.2) is 0 Å². The van der Waals surface area contributed by atoms with E-state index in [2.05, 4.69) is 5.32 Å². The highest BCUT2D eigenvalue weighted by Gasteiger charge is 2.27. The maximum absolute atomic E-state index is 13.6. The van der Waals surface area contributed by atoms with E-state index in [1.807, 2.05) is 6.92 Å². The average Bonchev–Trinajstić information content (AvgIpc) is 2.39. The van der Waals surface area contributed by atoms with E-state index in [0.29, 0.717) is 11.6 Å². The second-order valence-corrected chi connectivity index (χ2v) is 4.88. The summed E-state index contributed by atoms with van der Waals surface area (Å²) in [6, 6.07) is 6.77. The first-order valence-corrected chi connectivity index (χ1v) is 6.36. The van der Waals surface area contributed by atoms with E-state index in [1.54, 1.807) is 18.2 Å². The Balaban J connectivity index is 2.08. The van der Waals surface area contributed by atoms with Crippen LogP contribution in [0.3, 0.4) is 0 Å². The first-order valence-electron chi connectivity index (χ1n) is 6.36. The molecular weight excluding hydrogens is 217 g/mol. The van der Waals surface area contributed by atoms with Crippen molar-refractivity contribution in [2.75, 3.05) is 6.54 Å². The maximum Gasteiger partial charge on any atom is 0.129 e. The van der Waals surface area contributed by atoms with Gasteiger partial charge in [0.2, 0.25) is 0 Å². The molecule has 1 aliphatic heterocycles. The molecule has 1 aromatic carbocycles. The van der Waals surface area contributed by atoms with E-state index in [4.69, 9.17) is 0 Å². The number of halogens is 1. The Labute approximate surface area is 102 Å². The van der Waals surface area contributed by atoms with Crippen LogP contribution in [0.1, 0.15) is 37.9 Å². The summed E-state index contributed by atoms with van der Waals surface area (Å²) in [6.45, 7) is 2.99. The van der Waals surface area contributed by atoms with Crippen molar-refractivity contribution < 1.29 is 9.50 Å². The summed E-state index contributed by atoms with van der Waals surface area (Å²) in [6.07, 6.45) is 2.71. The van der Waals surface area contributed by atoms with Crippen molar-refractivity contribution in [1.29, 1.82) is 0 Å². The van der Waals surface area contributed by atoms with Gasteiger partial charge in [0.05, 0.1) is 6.10 Å². The second kappa shape index (κ2) is 5.61. The third-order valence-corrected chi connectivity index (χ3v) is 3.71. The number of rotatable bonds is 3. The Morgan fingerprint density at radius 3 is 2.76 bits per heavy atom. The molecular formula is C14H20FNO. The molecule has 0 spiro atoms. The second-order valence-electron chi connectivity index (χ2n) is 4.88. The number of piperidine rings is 1. The summed E-state index contributed by atoms with van der Waals surface area (Å²) >= 11 is 0. The molecule has 1 saturated heterocycles. The molecule has 1 heterocycles. The van der Waals surface area contributed by atoms with Crippen LogP contribution in [0.4, 0.5) is 4.39 Å². The largest absolute Gasteiger partial charge is 0.388 e. The lowest BCUT2D eigenvalue weighted by Gasteiger charge is -2.32. The van der Waals surface area contributed by atoms with Gasteiger partial charge in [0, 0.05) is 17.5 Å². The number of benzene rings is 1. The van der Waals surface area contributed by atoms with Crippen molar-refractivity contribution >= 4 is 0 Å². The zero-order valence-electron chi connectivity index (χ0n) is 10.2. The van der Waals surface area contributed by atoms with Gasteiger partial charge in [-0.3, -0.25) is 0 Å². The lowest BCUT2D eigenvalue weighted by atomic mass is 9.86. The van der Waals surface area contributed by atoms with Crippen molar-refractivity contribution in [1.82, 2.24) is 5.32 Å². The first-order chi connectivity index (χ1) is 8.20. The van der Waals surface area contributed by atoms with E-state index >= 15 is 0 Å². The highest BCUT2D eigenvalue weighted by molar-refractivity contribution is 5.20. The normalized spacial score (nSPS) is 24.3. The van der Waals surface area contributed by atoms with Crippen LogP contribution in [0.5, 0.6) is 0 Å². The lowest BCUT2D eigenvalue weighted by molar-refractivity contribution is 0.0832. The van der Waals surface area contributed by atoms with Crippen LogP contribution in [0.2, 0.25) is 0 Å². The fourth-order valence-corrected chi connectivity index (χ4v) is 2.55. The van der Waals surface area contributed by atoms with Gasteiger partial charge in [0.25, 0.3) is 0 Å². The van der Waals surface area contributed by atoms with Crippen molar-refractivity contribution in [3.8, 4) is 0 Å². The Kier molecular flexibility index (Phi) is 4.13. The van der Waals surface area contributed by atoms with Gasteiger partial charge >= 0.3 is 0 Å². The standard InChI is InChI=1S/C14H20FNO/c1-10(13-8-4-5-9-16-13)14(17)11-6-2-3-7-12(11)15/h2-3,6-7,10,13-14,16-17H,4-5,8-9H2,1H3. The van der Waals surface area contributed by atoms with Crippen LogP contribution in [0.25, 0.3) is 0 Å². The number of nitrogens with one attached hydrogen (secondary N) is 1. The van der Waals surface area contributed by atoms with Crippen LogP contribution in [0.15, 0.2) is 24.3 Å². The quantitative estimate of drug-likeness (QED) is 0.847. The number of aliphatic hydroxyl groups is 1. The van der Waals surface area contributed by atoms with E-state index < -0.39 is 6.10 Å². The van der Waals surface area contributed by atoms with E-state index in [9.17, 15) is 9.50 Å². The number of aliphatic hydroxyl groups excluding tert-OH is 1. The van der Waals surface area contributed by atoms with Crippen molar-refractivity contribution in [2.45, 2.75) is 38.3 Å². The SMILES string of the molecule is CC(C1CCCCN1)C(O)c1ccccc1F. The molecule has 3 atom stereocenters. The summed E-state index contributed by atoms with van der Waals surface area (Å²) in [4.78, 5) is 0. The van der Waals surface area contributed by atoms with Gasteiger partial charge in [0.1, 0.15) is 5.82 Å². The molecule has 2 nitrogen and oxygen atoms in total. The van der Waals surface area contributed by atoms with Gasteiger partial charge in [-0.1, -0.05) is 31.5 Å². The van der Waals surface area contributed by atoms with E-state index in [1.165, 1.54) is 18.9 Å². The topological polar surface area (TPSA) is 32.3 Å². The molecule has 2 rings (SSSR count). The molecule has 0 bridgehead atoms. The molecule has 0 aromatic heterocycles. The summed E-state index contributed by atoms with van der Waals surface area (Å²) < 4.78 is 13.6. The van der Waals surface area contributed by atoms with Crippen LogP contribution < -0.4 is 5.32 Å². The molecule has 1 fully saturated rings. The van der Waals surface area contributed by atoms with Gasteiger partial charge in [-0.05, 0) is 25.5 Å². The Bertz CT molecular complexity index is 363. The van der Waals surface area contributed by atoms with E-state index in [-0.39, 0.29) is 11.7 Å². The third kappa shape index (κ3) is 2.85. The molecule has 0 radical (unpaired) electrons. The van der Waals surface area contributed by atoms with Gasteiger partial charge in [-0.15, -0.1) is 0 Å². The maximum atomic E-state index is 13.6. The first kappa shape index (κ1) is 12.5. The smallest absolute Gasteiger partial charge is 0.129 e. The van der Waals surface area contributed by atoms with Crippen molar-refractivity contribution in [3.05, 3.63) is 35.6 Å². The fraction of sp³-hybridized carbons (Fsp3) is 0.571. The summed E-state index contributed by atoms with van der Waals surface area (Å²) in [7, 11) is 0. The minimum atomic E-state index is -0.730. The molecule has 1 aromatic rings. The molecule has 0 aliphatic carbocycles. The van der Waals surface area contributed by atoms with Crippen LogP contribution >= 0.6 is 0 Å². The third-order valence-electron chi connectivity index (χ3n) is 3.71. The van der Waals surface area contributed by atoms with Crippen LogP contribution in [0, 0.1) is 11.7 Å². The molecule has 17 heavy (non-hydrogen) atoms. The van der Waals surface area contributed by atoms with Gasteiger partial charge in [-0.25, -0.2) is 4.39 Å². The zero-order chi connectivity index (χ0) is 12.3. The summed E-state index contributed by atoms with van der Waals surface area (Å²) in [5.41, 5.74) is 0.410. The minimum absolute atomic E-state index is 0.0344. The summed E-state index contributed by atoms with van der Waals surface area (Å²) in [5.74, 6) is -0.283. The van der Waals surface area contributed by atoms with Gasteiger partial charge in [-0.2, -0.15) is 0 Å². The molecule has 1 aliphatic rings. The average molecular weight is 237 g/mol. The molecule has 2 N–H and O–H groups in total. The monoisotopic (exact) mass is 237 g/mol. The van der Waals surface area contributed by atoms with E-state index in [0.717, 1.165) is 13.0 Å². The Morgan fingerprint density at radius 1 is 1.35 bits per heavy atom. The molecule has 0 saturated carbocycles.